The number of rotatable bonds is 8. The molecule has 2 aromatic rings. The number of aromatic nitrogens is 1. The predicted molar refractivity (Wildman–Crippen MR) is 104 cm³/mol. The van der Waals surface area contributed by atoms with E-state index >= 15 is 0 Å². The van der Waals surface area contributed by atoms with Crippen LogP contribution < -0.4 is 5.56 Å². The quantitative estimate of drug-likeness (QED) is 0.300. The Hall–Kier alpha value is -3.22. The van der Waals surface area contributed by atoms with Crippen molar-refractivity contribution in [3.63, 3.8) is 0 Å². The van der Waals surface area contributed by atoms with Gasteiger partial charge in [-0.1, -0.05) is 11.6 Å². The molecule has 9 nitrogen and oxygen atoms in total. The van der Waals surface area contributed by atoms with E-state index in [1.807, 2.05) is 6.92 Å². The number of pyridine rings is 1. The molecule has 1 N–H and O–H groups in total. The number of nitriles is 1. The van der Waals surface area contributed by atoms with E-state index < -0.39 is 27.8 Å². The molecule has 0 aliphatic carbocycles. The van der Waals surface area contributed by atoms with Crippen molar-refractivity contribution >= 4 is 23.1 Å². The van der Waals surface area contributed by atoms with Crippen molar-refractivity contribution in [3.05, 3.63) is 65.9 Å². The topological polar surface area (TPSA) is 135 Å². The summed E-state index contributed by atoms with van der Waals surface area (Å²) in [5.74, 6) is -1.37. The van der Waals surface area contributed by atoms with Crippen LogP contribution in [0.5, 0.6) is 5.88 Å². The molecule has 1 heterocycles. The highest BCUT2D eigenvalue weighted by molar-refractivity contribution is 6.32. The van der Waals surface area contributed by atoms with Gasteiger partial charge in [-0.15, -0.1) is 0 Å². The van der Waals surface area contributed by atoms with Crippen LogP contribution in [-0.2, 0) is 11.3 Å². The maximum absolute atomic E-state index is 13.0. The van der Waals surface area contributed by atoms with Gasteiger partial charge in [-0.05, 0) is 38.0 Å². The lowest BCUT2D eigenvalue weighted by Gasteiger charge is -2.15. The molecule has 0 saturated heterocycles. The molecule has 0 radical (unpaired) electrons. The van der Waals surface area contributed by atoms with Crippen molar-refractivity contribution in [2.45, 2.75) is 26.8 Å². The molecule has 29 heavy (non-hydrogen) atoms. The molecule has 0 amide bonds. The monoisotopic (exact) mass is 419 g/mol. The minimum absolute atomic E-state index is 0.00124. The molecule has 0 unspecified atom stereocenters. The summed E-state index contributed by atoms with van der Waals surface area (Å²) in [5, 5.41) is 30.9. The van der Waals surface area contributed by atoms with Gasteiger partial charge in [0.25, 0.3) is 11.2 Å². The third-order valence-corrected chi connectivity index (χ3v) is 4.63. The lowest BCUT2D eigenvalue weighted by atomic mass is 9.97. The number of benzene rings is 1. The number of halogens is 1. The van der Waals surface area contributed by atoms with Crippen molar-refractivity contribution in [3.8, 4) is 11.9 Å². The van der Waals surface area contributed by atoms with Crippen molar-refractivity contribution in [1.29, 1.82) is 5.26 Å². The number of ether oxygens (including phenoxy) is 1. The molecule has 0 fully saturated rings. The Morgan fingerprint density at radius 1 is 1.45 bits per heavy atom. The van der Waals surface area contributed by atoms with Crippen LogP contribution in [0, 0.1) is 28.4 Å². The van der Waals surface area contributed by atoms with Crippen LogP contribution in [0.1, 0.15) is 40.4 Å². The van der Waals surface area contributed by atoms with Gasteiger partial charge in [-0.3, -0.25) is 24.3 Å². The molecular weight excluding hydrogens is 402 g/mol. The Balaban J connectivity index is 2.61. The van der Waals surface area contributed by atoms with E-state index in [0.717, 1.165) is 10.6 Å². The predicted octanol–water partition coefficient (Wildman–Crippen LogP) is 2.95. The van der Waals surface area contributed by atoms with Gasteiger partial charge in [0, 0.05) is 31.4 Å². The molecule has 0 saturated carbocycles. The summed E-state index contributed by atoms with van der Waals surface area (Å²) >= 11 is 5.78. The number of hydrogen-bond donors (Lipinski definition) is 1. The van der Waals surface area contributed by atoms with Crippen molar-refractivity contribution in [1.82, 2.24) is 4.57 Å². The van der Waals surface area contributed by atoms with Gasteiger partial charge in [0.2, 0.25) is 5.88 Å². The van der Waals surface area contributed by atoms with E-state index in [2.05, 4.69) is 0 Å². The van der Waals surface area contributed by atoms with Crippen molar-refractivity contribution in [2.24, 2.45) is 0 Å². The first-order chi connectivity index (χ1) is 13.7. The number of aromatic hydroxyl groups is 1. The average molecular weight is 420 g/mol. The van der Waals surface area contributed by atoms with Gasteiger partial charge < -0.3 is 9.84 Å². The van der Waals surface area contributed by atoms with E-state index in [1.54, 1.807) is 6.07 Å². The average Bonchev–Trinajstić information content (AvgIpc) is 2.67. The highest BCUT2D eigenvalue weighted by Crippen LogP contribution is 2.29. The van der Waals surface area contributed by atoms with Gasteiger partial charge in [-0.2, -0.15) is 5.26 Å². The van der Waals surface area contributed by atoms with Gasteiger partial charge in [0.15, 0.2) is 5.78 Å². The molecule has 1 aromatic carbocycles. The lowest BCUT2D eigenvalue weighted by Crippen LogP contribution is -2.27. The van der Waals surface area contributed by atoms with E-state index in [1.165, 1.54) is 19.1 Å². The first kappa shape index (κ1) is 22.1. The molecule has 0 atom stereocenters. The number of carbonyl (C=O) groups is 1. The minimum atomic E-state index is -0.769. The summed E-state index contributed by atoms with van der Waals surface area (Å²) in [6.07, 6.45) is 0.370. The van der Waals surface area contributed by atoms with Crippen LogP contribution in [-0.4, -0.2) is 33.6 Å². The Morgan fingerprint density at radius 2 is 2.14 bits per heavy atom. The Bertz CT molecular complexity index is 1070. The third kappa shape index (κ3) is 4.45. The summed E-state index contributed by atoms with van der Waals surface area (Å²) < 4.78 is 6.14. The standard InChI is InChI=1S/C19H18ClN3O6/c1-3-29-8-4-7-22-18(25)13(10-21)11(2)16(19(22)26)17(24)12-5-6-14(20)15(9-12)23(27)28/h5-6,9,26H,3-4,7-8H2,1-2H3. The van der Waals surface area contributed by atoms with Gasteiger partial charge in [-0.25, -0.2) is 0 Å². The van der Waals surface area contributed by atoms with E-state index in [9.17, 15) is 30.1 Å². The number of nitrogens with zero attached hydrogens (tertiary/aromatic N) is 3. The van der Waals surface area contributed by atoms with Crippen LogP contribution in [0.4, 0.5) is 5.69 Å². The summed E-state index contributed by atoms with van der Waals surface area (Å²) in [7, 11) is 0. The zero-order valence-electron chi connectivity index (χ0n) is 15.8. The lowest BCUT2D eigenvalue weighted by molar-refractivity contribution is -0.384. The maximum Gasteiger partial charge on any atom is 0.288 e. The molecule has 0 spiro atoms. The summed E-state index contributed by atoms with van der Waals surface area (Å²) in [4.78, 5) is 35.9. The molecule has 0 aliphatic heterocycles. The second-order valence-corrected chi connectivity index (χ2v) is 6.48. The summed E-state index contributed by atoms with van der Waals surface area (Å²) in [6.45, 7) is 4.01. The zero-order valence-corrected chi connectivity index (χ0v) is 16.5. The molecule has 1 aromatic heterocycles. The van der Waals surface area contributed by atoms with Crippen LogP contribution in [0.25, 0.3) is 0 Å². The number of carbonyl (C=O) groups excluding carboxylic acids is 1. The molecule has 0 aliphatic rings. The Kier molecular flexibility index (Phi) is 7.09. The zero-order chi connectivity index (χ0) is 21.7. The number of nitro benzene ring substituents is 1. The largest absolute Gasteiger partial charge is 0.494 e. The second-order valence-electron chi connectivity index (χ2n) is 6.07. The SMILES string of the molecule is CCOCCCn1c(O)c(C(=O)c2ccc(Cl)c([N+](=O)[O-])c2)c(C)c(C#N)c1=O. The molecule has 152 valence electrons. The molecule has 0 bridgehead atoms. The summed E-state index contributed by atoms with van der Waals surface area (Å²) in [5.41, 5.74) is -1.86. The fraction of sp³-hybridized carbons (Fsp3) is 0.316. The van der Waals surface area contributed by atoms with Crippen LogP contribution in [0.3, 0.4) is 0 Å². The van der Waals surface area contributed by atoms with Crippen molar-refractivity contribution < 1.29 is 19.6 Å². The van der Waals surface area contributed by atoms with Crippen LogP contribution >= 0.6 is 11.6 Å². The molecule has 2 rings (SSSR count). The normalized spacial score (nSPS) is 10.6. The van der Waals surface area contributed by atoms with Crippen molar-refractivity contribution in [2.75, 3.05) is 13.2 Å². The maximum atomic E-state index is 13.0. The number of nitro groups is 1. The number of hydrogen-bond acceptors (Lipinski definition) is 7. The van der Waals surface area contributed by atoms with Crippen LogP contribution in [0.15, 0.2) is 23.0 Å². The second kappa shape index (κ2) is 9.32. The fourth-order valence-corrected chi connectivity index (χ4v) is 3.02. The fourth-order valence-electron chi connectivity index (χ4n) is 2.84. The van der Waals surface area contributed by atoms with Crippen LogP contribution in [0.2, 0.25) is 5.02 Å². The Morgan fingerprint density at radius 3 is 2.72 bits per heavy atom. The third-order valence-electron chi connectivity index (χ3n) is 4.31. The number of ketones is 1. The first-order valence-electron chi connectivity index (χ1n) is 8.67. The molecule has 10 heteroatoms. The summed E-state index contributed by atoms with van der Waals surface area (Å²) in [6, 6.07) is 5.22. The van der Waals surface area contributed by atoms with Gasteiger partial charge in [0.05, 0.1) is 10.5 Å². The van der Waals surface area contributed by atoms with Gasteiger partial charge >= 0.3 is 0 Å². The Labute approximate surface area is 170 Å². The van der Waals surface area contributed by atoms with E-state index in [0.29, 0.717) is 19.6 Å². The van der Waals surface area contributed by atoms with E-state index in [-0.39, 0.29) is 33.8 Å². The smallest absolute Gasteiger partial charge is 0.288 e. The molecular formula is C19H18ClN3O6. The first-order valence-corrected chi connectivity index (χ1v) is 9.05. The highest BCUT2D eigenvalue weighted by atomic mass is 35.5. The van der Waals surface area contributed by atoms with Gasteiger partial charge in [0.1, 0.15) is 16.7 Å². The highest BCUT2D eigenvalue weighted by Gasteiger charge is 2.26. The van der Waals surface area contributed by atoms with E-state index in [4.69, 9.17) is 16.3 Å². The minimum Gasteiger partial charge on any atom is -0.494 e.